The molecule has 106 valence electrons. The van der Waals surface area contributed by atoms with Gasteiger partial charge in [-0.3, -0.25) is 0 Å². The Balaban J connectivity index is 1.77. The number of fused-ring (bicyclic) bond motifs is 1. The minimum Gasteiger partial charge on any atom is -0.312 e. The summed E-state index contributed by atoms with van der Waals surface area (Å²) in [6, 6.07) is 20.4. The zero-order chi connectivity index (χ0) is 14.2. The molecule has 0 spiro atoms. The van der Waals surface area contributed by atoms with Crippen LogP contribution in [0.3, 0.4) is 0 Å². The van der Waals surface area contributed by atoms with Crippen molar-refractivity contribution < 1.29 is 0 Å². The molecular weight excluding hydrogens is 274 g/mol. The van der Waals surface area contributed by atoms with Gasteiger partial charge in [-0.25, -0.2) is 0 Å². The summed E-state index contributed by atoms with van der Waals surface area (Å²) in [5, 5.41) is 6.16. The van der Waals surface area contributed by atoms with Crippen molar-refractivity contribution in [1.29, 1.82) is 0 Å². The van der Waals surface area contributed by atoms with E-state index in [1.165, 1.54) is 38.9 Å². The fourth-order valence-electron chi connectivity index (χ4n) is 3.14. The molecule has 0 aliphatic heterocycles. The first-order valence-corrected chi connectivity index (χ1v) is 8.43. The highest BCUT2D eigenvalue weighted by molar-refractivity contribution is 7.15. The molecule has 21 heavy (non-hydrogen) atoms. The molecule has 2 heteroatoms. The van der Waals surface area contributed by atoms with E-state index in [0.717, 1.165) is 5.92 Å². The van der Waals surface area contributed by atoms with Crippen LogP contribution in [-0.2, 0) is 0 Å². The van der Waals surface area contributed by atoms with Crippen LogP contribution in [0.5, 0.6) is 0 Å². The summed E-state index contributed by atoms with van der Waals surface area (Å²) in [5.74, 6) is 0.842. The Bertz CT molecular complexity index is 765. The van der Waals surface area contributed by atoms with Crippen LogP contribution in [0.4, 0.5) is 0 Å². The molecule has 1 saturated carbocycles. The van der Waals surface area contributed by atoms with Crippen molar-refractivity contribution in [2.45, 2.75) is 18.9 Å². The molecule has 2 aromatic carbocycles. The maximum atomic E-state index is 3.49. The number of hydrogen-bond donors (Lipinski definition) is 1. The average Bonchev–Trinajstić information content (AvgIpc) is 3.25. The SMILES string of the molecule is CNC(c1ccc(-c2cccc3ccccc23)s1)C1CC1. The Hall–Kier alpha value is -1.64. The highest BCUT2D eigenvalue weighted by Crippen LogP contribution is 2.44. The van der Waals surface area contributed by atoms with Crippen molar-refractivity contribution in [3.8, 4) is 10.4 Å². The maximum Gasteiger partial charge on any atom is 0.0441 e. The molecule has 1 fully saturated rings. The van der Waals surface area contributed by atoms with Gasteiger partial charge < -0.3 is 5.32 Å². The first-order valence-electron chi connectivity index (χ1n) is 7.62. The van der Waals surface area contributed by atoms with Crippen LogP contribution in [0.2, 0.25) is 0 Å². The first-order chi connectivity index (χ1) is 10.4. The average molecular weight is 293 g/mol. The monoisotopic (exact) mass is 293 g/mol. The van der Waals surface area contributed by atoms with Gasteiger partial charge in [0, 0.05) is 15.8 Å². The molecule has 3 aromatic rings. The van der Waals surface area contributed by atoms with E-state index in [4.69, 9.17) is 0 Å². The predicted octanol–water partition coefficient (Wildman–Crippen LogP) is 5.24. The molecule has 0 bridgehead atoms. The summed E-state index contributed by atoms with van der Waals surface area (Å²) in [6.07, 6.45) is 2.74. The van der Waals surface area contributed by atoms with E-state index in [1.807, 2.05) is 11.3 Å². The van der Waals surface area contributed by atoms with E-state index in [1.54, 1.807) is 0 Å². The Morgan fingerprint density at radius 1 is 1.00 bits per heavy atom. The van der Waals surface area contributed by atoms with Gasteiger partial charge in [0.2, 0.25) is 0 Å². The summed E-state index contributed by atoms with van der Waals surface area (Å²) >= 11 is 1.94. The van der Waals surface area contributed by atoms with E-state index in [-0.39, 0.29) is 0 Å². The van der Waals surface area contributed by atoms with Gasteiger partial charge in [-0.2, -0.15) is 0 Å². The number of hydrogen-bond acceptors (Lipinski definition) is 2. The molecule has 1 aromatic heterocycles. The minimum atomic E-state index is 0.540. The third-order valence-electron chi connectivity index (χ3n) is 4.39. The largest absolute Gasteiger partial charge is 0.312 e. The lowest BCUT2D eigenvalue weighted by Crippen LogP contribution is -2.16. The third-order valence-corrected chi connectivity index (χ3v) is 5.59. The molecule has 1 N–H and O–H groups in total. The van der Waals surface area contributed by atoms with E-state index in [2.05, 4.69) is 67.0 Å². The number of rotatable bonds is 4. The summed E-state index contributed by atoms with van der Waals surface area (Å²) in [7, 11) is 2.08. The van der Waals surface area contributed by atoms with Crippen LogP contribution < -0.4 is 5.32 Å². The van der Waals surface area contributed by atoms with E-state index in [0.29, 0.717) is 6.04 Å². The fourth-order valence-corrected chi connectivity index (χ4v) is 4.40. The van der Waals surface area contributed by atoms with Gasteiger partial charge in [0.05, 0.1) is 0 Å². The quantitative estimate of drug-likeness (QED) is 0.693. The standard InChI is InChI=1S/C19H19NS/c1-20-19(14-9-10-14)18-12-11-17(21-18)16-8-4-6-13-5-2-3-7-15(13)16/h2-8,11-12,14,19-20H,9-10H2,1H3. The van der Waals surface area contributed by atoms with Gasteiger partial charge in [0.1, 0.15) is 0 Å². The van der Waals surface area contributed by atoms with Crippen LogP contribution in [-0.4, -0.2) is 7.05 Å². The topological polar surface area (TPSA) is 12.0 Å². The van der Waals surface area contributed by atoms with Crippen molar-refractivity contribution in [3.05, 3.63) is 59.5 Å². The van der Waals surface area contributed by atoms with Crippen molar-refractivity contribution in [1.82, 2.24) is 5.32 Å². The van der Waals surface area contributed by atoms with Gasteiger partial charge in [-0.05, 0) is 54.3 Å². The molecular formula is C19H19NS. The van der Waals surface area contributed by atoms with Crippen LogP contribution in [0, 0.1) is 5.92 Å². The Morgan fingerprint density at radius 3 is 2.62 bits per heavy atom. The molecule has 4 rings (SSSR count). The zero-order valence-electron chi connectivity index (χ0n) is 12.2. The molecule has 1 atom stereocenters. The molecule has 1 unspecified atom stereocenters. The molecule has 0 amide bonds. The van der Waals surface area contributed by atoms with Gasteiger partial charge in [0.25, 0.3) is 0 Å². The normalized spacial score (nSPS) is 16.2. The van der Waals surface area contributed by atoms with Gasteiger partial charge in [-0.15, -0.1) is 11.3 Å². The maximum absolute atomic E-state index is 3.49. The van der Waals surface area contributed by atoms with Crippen molar-refractivity contribution in [2.24, 2.45) is 5.92 Å². The highest BCUT2D eigenvalue weighted by Gasteiger charge is 2.32. The van der Waals surface area contributed by atoms with Gasteiger partial charge in [0.15, 0.2) is 0 Å². The van der Waals surface area contributed by atoms with E-state index < -0.39 is 0 Å². The fraction of sp³-hybridized carbons (Fsp3) is 0.263. The van der Waals surface area contributed by atoms with Crippen molar-refractivity contribution >= 4 is 22.1 Å². The van der Waals surface area contributed by atoms with Gasteiger partial charge >= 0.3 is 0 Å². The summed E-state index contributed by atoms with van der Waals surface area (Å²) in [5.41, 5.74) is 1.36. The Labute approximate surface area is 129 Å². The number of nitrogens with one attached hydrogen (secondary N) is 1. The number of thiophene rings is 1. The van der Waals surface area contributed by atoms with Crippen LogP contribution in [0.25, 0.3) is 21.2 Å². The van der Waals surface area contributed by atoms with Crippen molar-refractivity contribution in [3.63, 3.8) is 0 Å². The predicted molar refractivity (Wildman–Crippen MR) is 91.8 cm³/mol. The van der Waals surface area contributed by atoms with E-state index >= 15 is 0 Å². The lowest BCUT2D eigenvalue weighted by Gasteiger charge is -2.12. The third kappa shape index (κ3) is 2.39. The van der Waals surface area contributed by atoms with Crippen LogP contribution in [0.15, 0.2) is 54.6 Å². The molecule has 0 radical (unpaired) electrons. The second-order valence-electron chi connectivity index (χ2n) is 5.83. The Morgan fingerprint density at radius 2 is 1.81 bits per heavy atom. The first kappa shape index (κ1) is 13.1. The molecule has 1 nitrogen and oxygen atoms in total. The van der Waals surface area contributed by atoms with E-state index in [9.17, 15) is 0 Å². The number of benzene rings is 2. The Kier molecular flexibility index (Phi) is 3.28. The molecule has 1 aliphatic carbocycles. The van der Waals surface area contributed by atoms with Gasteiger partial charge in [-0.1, -0.05) is 42.5 Å². The smallest absolute Gasteiger partial charge is 0.0441 e. The zero-order valence-corrected chi connectivity index (χ0v) is 13.0. The summed E-state index contributed by atoms with van der Waals surface area (Å²) in [4.78, 5) is 2.85. The molecule has 0 saturated heterocycles. The second kappa shape index (κ2) is 5.28. The second-order valence-corrected chi connectivity index (χ2v) is 6.95. The highest BCUT2D eigenvalue weighted by atomic mass is 32.1. The van der Waals surface area contributed by atoms with Crippen LogP contribution >= 0.6 is 11.3 Å². The summed E-state index contributed by atoms with van der Waals surface area (Å²) in [6.45, 7) is 0. The molecule has 1 aliphatic rings. The van der Waals surface area contributed by atoms with Crippen LogP contribution in [0.1, 0.15) is 23.8 Å². The lowest BCUT2D eigenvalue weighted by molar-refractivity contribution is 0.537. The lowest BCUT2D eigenvalue weighted by atomic mass is 10.0. The molecule has 1 heterocycles. The summed E-state index contributed by atoms with van der Waals surface area (Å²) < 4.78 is 0. The van der Waals surface area contributed by atoms with Crippen molar-refractivity contribution in [2.75, 3.05) is 7.05 Å². The minimum absolute atomic E-state index is 0.540.